The van der Waals surface area contributed by atoms with Crippen LogP contribution in [-0.4, -0.2) is 69.6 Å². The highest BCUT2D eigenvalue weighted by atomic mass is 19.1. The molecule has 2 aromatic heterocycles. The van der Waals surface area contributed by atoms with Gasteiger partial charge in [-0.15, -0.1) is 0 Å². The molecule has 1 atom stereocenters. The molecule has 0 unspecified atom stereocenters. The fraction of sp³-hybridized carbons (Fsp3) is 0.318. The van der Waals surface area contributed by atoms with Gasteiger partial charge in [0.05, 0.1) is 36.6 Å². The number of rotatable bonds is 6. The number of hydrogen-bond donors (Lipinski definition) is 2. The first-order valence-corrected chi connectivity index (χ1v) is 10.5. The molecule has 174 valence electrons. The second-order valence-corrected chi connectivity index (χ2v) is 7.74. The molecule has 1 saturated heterocycles. The van der Waals surface area contributed by atoms with Crippen molar-refractivity contribution in [3.63, 3.8) is 0 Å². The summed E-state index contributed by atoms with van der Waals surface area (Å²) < 4.78 is 20.0. The van der Waals surface area contributed by atoms with Crippen molar-refractivity contribution in [2.75, 3.05) is 20.1 Å². The van der Waals surface area contributed by atoms with E-state index in [2.05, 4.69) is 25.4 Å². The number of nitriles is 1. The summed E-state index contributed by atoms with van der Waals surface area (Å²) in [6.07, 6.45) is 6.96. The lowest BCUT2D eigenvalue weighted by atomic mass is 10.1. The molecule has 4 heterocycles. The van der Waals surface area contributed by atoms with E-state index in [0.717, 1.165) is 18.0 Å². The number of halogens is 1. The molecule has 0 aliphatic carbocycles. The summed E-state index contributed by atoms with van der Waals surface area (Å²) in [7, 11) is 1.66. The van der Waals surface area contributed by atoms with Crippen molar-refractivity contribution in [3.8, 4) is 11.9 Å². The number of ether oxygens (including phenoxy) is 1. The SMILES string of the molecule is CN/C(=C(/C)C=N)c1ncc(F)c(OC2CN(C(=O)N3N=CC[C@H]3c3cncc(C#N)c3)C2)n1. The van der Waals surface area contributed by atoms with Crippen molar-refractivity contribution in [2.24, 2.45) is 5.10 Å². The molecule has 0 bridgehead atoms. The number of aromatic nitrogens is 3. The maximum Gasteiger partial charge on any atom is 0.341 e. The van der Waals surface area contributed by atoms with Gasteiger partial charge in [-0.1, -0.05) is 0 Å². The fourth-order valence-corrected chi connectivity index (χ4v) is 3.66. The van der Waals surface area contributed by atoms with Gasteiger partial charge in [-0.25, -0.2) is 14.8 Å². The van der Waals surface area contributed by atoms with Crippen molar-refractivity contribution < 1.29 is 13.9 Å². The van der Waals surface area contributed by atoms with Crippen molar-refractivity contribution in [3.05, 3.63) is 53.0 Å². The summed E-state index contributed by atoms with van der Waals surface area (Å²) in [6.45, 7) is 2.18. The molecular weight excluding hydrogens is 441 g/mol. The number of urea groups is 1. The third-order valence-electron chi connectivity index (χ3n) is 5.49. The Morgan fingerprint density at radius 3 is 2.88 bits per heavy atom. The quantitative estimate of drug-likeness (QED) is 0.624. The van der Waals surface area contributed by atoms with Gasteiger partial charge in [0.25, 0.3) is 5.88 Å². The summed E-state index contributed by atoms with van der Waals surface area (Å²) >= 11 is 0. The molecule has 2 aliphatic heterocycles. The number of carbonyl (C=O) groups excluding carboxylic acids is 1. The molecule has 0 radical (unpaired) electrons. The van der Waals surface area contributed by atoms with Gasteiger partial charge in [-0.05, 0) is 24.1 Å². The predicted molar refractivity (Wildman–Crippen MR) is 120 cm³/mol. The number of pyridine rings is 1. The number of hydrogen-bond acceptors (Lipinski definition) is 9. The number of nitrogens with zero attached hydrogens (tertiary/aromatic N) is 7. The van der Waals surface area contributed by atoms with Gasteiger partial charge in [0.1, 0.15) is 12.2 Å². The highest BCUT2D eigenvalue weighted by molar-refractivity contribution is 5.86. The zero-order valence-corrected chi connectivity index (χ0v) is 18.6. The highest BCUT2D eigenvalue weighted by Crippen LogP contribution is 2.31. The van der Waals surface area contributed by atoms with E-state index in [1.807, 2.05) is 6.07 Å². The normalized spacial score (nSPS) is 18.1. The second-order valence-electron chi connectivity index (χ2n) is 7.74. The number of amides is 2. The molecule has 4 rings (SSSR count). The Labute approximate surface area is 195 Å². The molecule has 0 aromatic carbocycles. The zero-order valence-electron chi connectivity index (χ0n) is 18.6. The average Bonchev–Trinajstić information content (AvgIpc) is 3.32. The molecule has 2 amide bonds. The van der Waals surface area contributed by atoms with Crippen LogP contribution in [0.25, 0.3) is 5.70 Å². The van der Waals surface area contributed by atoms with E-state index in [1.165, 1.54) is 11.2 Å². The molecule has 2 aromatic rings. The minimum Gasteiger partial charge on any atom is -0.468 e. The number of likely N-dealkylation sites (tertiary alicyclic amines) is 1. The minimum absolute atomic E-state index is 0.203. The van der Waals surface area contributed by atoms with Crippen LogP contribution in [0.2, 0.25) is 0 Å². The van der Waals surface area contributed by atoms with Crippen LogP contribution in [0, 0.1) is 22.6 Å². The first-order chi connectivity index (χ1) is 16.4. The molecule has 2 N–H and O–H groups in total. The molecule has 11 nitrogen and oxygen atoms in total. The lowest BCUT2D eigenvalue weighted by molar-refractivity contribution is 0.0228. The largest absolute Gasteiger partial charge is 0.468 e. The smallest absolute Gasteiger partial charge is 0.341 e. The van der Waals surface area contributed by atoms with Gasteiger partial charge in [0, 0.05) is 38.3 Å². The Kier molecular flexibility index (Phi) is 6.44. The van der Waals surface area contributed by atoms with E-state index in [0.29, 0.717) is 23.3 Å². The van der Waals surface area contributed by atoms with Crippen LogP contribution >= 0.6 is 0 Å². The van der Waals surface area contributed by atoms with Gasteiger partial charge in [0.15, 0.2) is 5.82 Å². The van der Waals surface area contributed by atoms with Crippen LogP contribution in [-0.2, 0) is 0 Å². The Morgan fingerprint density at radius 2 is 2.18 bits per heavy atom. The van der Waals surface area contributed by atoms with Crippen LogP contribution in [0.4, 0.5) is 9.18 Å². The van der Waals surface area contributed by atoms with E-state index in [-0.39, 0.29) is 36.9 Å². The Hall–Kier alpha value is -4.40. The van der Waals surface area contributed by atoms with E-state index in [4.69, 9.17) is 15.4 Å². The van der Waals surface area contributed by atoms with E-state index in [9.17, 15) is 9.18 Å². The maximum absolute atomic E-state index is 14.3. The predicted octanol–water partition coefficient (Wildman–Crippen LogP) is 2.10. The van der Waals surface area contributed by atoms with E-state index >= 15 is 0 Å². The summed E-state index contributed by atoms with van der Waals surface area (Å²) in [4.78, 5) is 26.7. The first kappa shape index (κ1) is 22.8. The van der Waals surface area contributed by atoms with Crippen LogP contribution in [0.15, 0.2) is 35.3 Å². The number of nitrogens with one attached hydrogen (secondary N) is 2. The fourth-order valence-electron chi connectivity index (χ4n) is 3.66. The third-order valence-corrected chi connectivity index (χ3v) is 5.49. The van der Waals surface area contributed by atoms with Crippen molar-refractivity contribution >= 4 is 24.2 Å². The van der Waals surface area contributed by atoms with Crippen LogP contribution in [0.1, 0.15) is 36.3 Å². The molecule has 34 heavy (non-hydrogen) atoms. The summed E-state index contributed by atoms with van der Waals surface area (Å²) in [5.74, 6) is -0.732. The summed E-state index contributed by atoms with van der Waals surface area (Å²) in [6, 6.07) is 3.08. The van der Waals surface area contributed by atoms with Crippen molar-refractivity contribution in [2.45, 2.75) is 25.5 Å². The van der Waals surface area contributed by atoms with E-state index < -0.39 is 11.9 Å². The van der Waals surface area contributed by atoms with Crippen molar-refractivity contribution in [1.29, 1.82) is 10.7 Å². The third kappa shape index (κ3) is 4.40. The van der Waals surface area contributed by atoms with Gasteiger partial charge in [-0.3, -0.25) is 4.98 Å². The Balaban J connectivity index is 1.41. The molecule has 0 saturated carbocycles. The average molecular weight is 463 g/mol. The monoisotopic (exact) mass is 463 g/mol. The number of carbonyl (C=O) groups is 1. The standard InChI is InChI=1S/C22H22FN9O2/c1-13(6-24)19(26-2)20-28-10-17(23)21(30-20)34-16-11-31(12-16)22(33)32-18(3-4-29-32)15-5-14(7-25)8-27-9-15/h4-6,8-10,16,18,24,26H,3,11-12H2,1-2H3/b19-13-,24-6?/t18-/m0/s1. The Morgan fingerprint density at radius 1 is 1.38 bits per heavy atom. The number of hydrazone groups is 1. The molecule has 0 spiro atoms. The van der Waals surface area contributed by atoms with Crippen molar-refractivity contribution in [1.82, 2.24) is 30.2 Å². The molecule has 12 heteroatoms. The topological polar surface area (TPSA) is 143 Å². The van der Waals surface area contributed by atoms with Gasteiger partial charge >= 0.3 is 6.03 Å². The van der Waals surface area contributed by atoms with Crippen LogP contribution in [0.3, 0.4) is 0 Å². The summed E-state index contributed by atoms with van der Waals surface area (Å²) in [5.41, 5.74) is 2.20. The number of allylic oxidation sites excluding steroid dienone is 1. The van der Waals surface area contributed by atoms with Gasteiger partial charge in [-0.2, -0.15) is 19.7 Å². The Bertz CT molecular complexity index is 1220. The molecule has 2 aliphatic rings. The zero-order chi connectivity index (χ0) is 24.2. The van der Waals surface area contributed by atoms with Gasteiger partial charge in [0.2, 0.25) is 5.82 Å². The van der Waals surface area contributed by atoms with Gasteiger partial charge < -0.3 is 20.4 Å². The molecule has 1 fully saturated rings. The minimum atomic E-state index is -0.717. The lowest BCUT2D eigenvalue weighted by Crippen LogP contribution is -2.59. The van der Waals surface area contributed by atoms with E-state index in [1.54, 1.807) is 37.3 Å². The highest BCUT2D eigenvalue weighted by Gasteiger charge is 2.39. The van der Waals surface area contributed by atoms with Crippen LogP contribution in [0.5, 0.6) is 5.88 Å². The molecular formula is C22H22FN9O2. The maximum atomic E-state index is 14.3. The van der Waals surface area contributed by atoms with Crippen LogP contribution < -0.4 is 10.1 Å². The lowest BCUT2D eigenvalue weighted by Gasteiger charge is -2.40. The first-order valence-electron chi connectivity index (χ1n) is 10.5. The summed E-state index contributed by atoms with van der Waals surface area (Å²) in [5, 5.41) is 25.0. The second kappa shape index (κ2) is 9.62.